The smallest absolute Gasteiger partial charge is 0.238 e. The minimum Gasteiger partial charge on any atom is -0.352 e. The number of hydrogen-bond acceptors (Lipinski definition) is 5. The van der Waals surface area contributed by atoms with Gasteiger partial charge < -0.3 is 10.2 Å². The molecule has 0 aliphatic carbocycles. The van der Waals surface area contributed by atoms with Crippen LogP contribution in [0.4, 0.5) is 11.4 Å². The van der Waals surface area contributed by atoms with E-state index in [0.717, 1.165) is 35.2 Å². The van der Waals surface area contributed by atoms with Crippen LogP contribution in [0.2, 0.25) is 5.02 Å². The van der Waals surface area contributed by atoms with Gasteiger partial charge >= 0.3 is 0 Å². The van der Waals surface area contributed by atoms with E-state index in [4.69, 9.17) is 11.6 Å². The van der Waals surface area contributed by atoms with Gasteiger partial charge in [-0.3, -0.25) is 14.4 Å². The molecule has 1 aromatic heterocycles. The molecule has 0 radical (unpaired) electrons. The summed E-state index contributed by atoms with van der Waals surface area (Å²) in [7, 11) is 0. The van der Waals surface area contributed by atoms with Crippen LogP contribution >= 0.6 is 22.9 Å². The minimum absolute atomic E-state index is 0.170. The summed E-state index contributed by atoms with van der Waals surface area (Å²) in [5.74, 6) is -1.63. The number of para-hydroxylation sites is 1. The number of Topliss-reactive ketones (excluding diaryl/α,β-unsaturated/α-hetero) is 2. The van der Waals surface area contributed by atoms with E-state index in [1.807, 2.05) is 89.2 Å². The molecule has 4 heterocycles. The van der Waals surface area contributed by atoms with Crippen molar-refractivity contribution in [2.45, 2.75) is 37.3 Å². The lowest BCUT2D eigenvalue weighted by molar-refractivity contribution is -0.121. The third kappa shape index (κ3) is 3.77. The predicted octanol–water partition coefficient (Wildman–Crippen LogP) is 7.21. The van der Waals surface area contributed by atoms with Gasteiger partial charge in [0.05, 0.1) is 16.8 Å². The zero-order valence-corrected chi connectivity index (χ0v) is 23.9. The Balaban J connectivity index is 1.50. The van der Waals surface area contributed by atoms with Crippen LogP contribution in [0.1, 0.15) is 50.1 Å². The van der Waals surface area contributed by atoms with Crippen molar-refractivity contribution >= 4 is 57.9 Å². The van der Waals surface area contributed by atoms with Gasteiger partial charge in [0, 0.05) is 22.0 Å². The molecule has 1 spiro atoms. The Morgan fingerprint density at radius 3 is 2.56 bits per heavy atom. The molecule has 1 saturated heterocycles. The molecule has 204 valence electrons. The van der Waals surface area contributed by atoms with Gasteiger partial charge in [-0.1, -0.05) is 85.6 Å². The van der Waals surface area contributed by atoms with Crippen molar-refractivity contribution in [1.82, 2.24) is 0 Å². The predicted molar refractivity (Wildman–Crippen MR) is 164 cm³/mol. The van der Waals surface area contributed by atoms with E-state index in [2.05, 4.69) is 12.2 Å². The summed E-state index contributed by atoms with van der Waals surface area (Å²) in [6, 6.07) is 22.9. The van der Waals surface area contributed by atoms with Crippen LogP contribution < -0.4 is 10.2 Å². The molecule has 7 heteroatoms. The highest BCUT2D eigenvalue weighted by Gasteiger charge is 2.70. The van der Waals surface area contributed by atoms with Gasteiger partial charge in [-0.25, -0.2) is 0 Å². The largest absolute Gasteiger partial charge is 0.352 e. The van der Waals surface area contributed by atoms with Crippen LogP contribution in [0.25, 0.3) is 6.08 Å². The Morgan fingerprint density at radius 2 is 1.80 bits per heavy atom. The Morgan fingerprint density at radius 1 is 1.00 bits per heavy atom. The van der Waals surface area contributed by atoms with Crippen molar-refractivity contribution in [3.63, 3.8) is 0 Å². The van der Waals surface area contributed by atoms with Crippen LogP contribution in [0.15, 0.2) is 90.3 Å². The molecule has 4 atom stereocenters. The Bertz CT molecular complexity index is 1730. The normalized spacial score (nSPS) is 23.7. The Kier molecular flexibility index (Phi) is 6.21. The summed E-state index contributed by atoms with van der Waals surface area (Å²) in [6.45, 7) is 2.12. The topological polar surface area (TPSA) is 66.5 Å². The second-order valence-electron chi connectivity index (χ2n) is 10.9. The second-order valence-corrected chi connectivity index (χ2v) is 12.2. The van der Waals surface area contributed by atoms with Gasteiger partial charge in [0.2, 0.25) is 5.91 Å². The number of benzene rings is 3. The van der Waals surface area contributed by atoms with Gasteiger partial charge in [-0.05, 0) is 58.8 Å². The van der Waals surface area contributed by atoms with E-state index < -0.39 is 23.4 Å². The molecule has 3 aromatic carbocycles. The maximum absolute atomic E-state index is 14.8. The molecule has 0 bridgehead atoms. The Labute approximate surface area is 247 Å². The van der Waals surface area contributed by atoms with Gasteiger partial charge in [0.1, 0.15) is 11.5 Å². The number of halogens is 1. The van der Waals surface area contributed by atoms with Crippen molar-refractivity contribution in [1.29, 1.82) is 0 Å². The number of amides is 1. The molecule has 7 rings (SSSR count). The highest BCUT2D eigenvalue weighted by Crippen LogP contribution is 2.58. The molecule has 41 heavy (non-hydrogen) atoms. The van der Waals surface area contributed by atoms with Crippen molar-refractivity contribution in [3.8, 4) is 0 Å². The van der Waals surface area contributed by atoms with Crippen LogP contribution in [0, 0.1) is 5.92 Å². The maximum Gasteiger partial charge on any atom is 0.238 e. The fourth-order valence-electron chi connectivity index (χ4n) is 7.02. The van der Waals surface area contributed by atoms with Gasteiger partial charge in [-0.2, -0.15) is 0 Å². The first-order valence-corrected chi connectivity index (χ1v) is 15.1. The molecule has 1 fully saturated rings. The first-order chi connectivity index (χ1) is 19.9. The molecule has 0 unspecified atom stereocenters. The zero-order chi connectivity index (χ0) is 28.3. The number of thiophene rings is 1. The molecule has 1 N–H and O–H groups in total. The van der Waals surface area contributed by atoms with E-state index in [1.54, 1.807) is 12.1 Å². The Hall–Kier alpha value is -4.00. The number of anilines is 2. The first kappa shape index (κ1) is 25.9. The third-order valence-corrected chi connectivity index (χ3v) is 9.81. The van der Waals surface area contributed by atoms with E-state index in [-0.39, 0.29) is 17.5 Å². The monoisotopic (exact) mass is 578 g/mol. The number of rotatable bonds is 6. The summed E-state index contributed by atoms with van der Waals surface area (Å²) in [4.78, 5) is 46.3. The van der Waals surface area contributed by atoms with Crippen molar-refractivity contribution < 1.29 is 14.4 Å². The SMILES string of the molecule is CCCc1ccc(C(=O)[C@H]2[C@@H](C(=O)c3cccs3)N3c4ccc(Cl)cc4C=C[C@@H]3[C@]23C(=O)Nc2ccccc23)cc1. The van der Waals surface area contributed by atoms with Crippen LogP contribution in [-0.2, 0) is 16.6 Å². The number of ketones is 2. The summed E-state index contributed by atoms with van der Waals surface area (Å²) in [5, 5.41) is 5.51. The van der Waals surface area contributed by atoms with E-state index in [0.29, 0.717) is 21.2 Å². The number of fused-ring (bicyclic) bond motifs is 6. The lowest BCUT2D eigenvalue weighted by Crippen LogP contribution is -2.51. The van der Waals surface area contributed by atoms with Crippen molar-refractivity contribution in [3.05, 3.63) is 122 Å². The highest BCUT2D eigenvalue weighted by molar-refractivity contribution is 7.12. The third-order valence-electron chi connectivity index (χ3n) is 8.69. The number of carbonyl (C=O) groups is 3. The maximum atomic E-state index is 14.8. The summed E-state index contributed by atoms with van der Waals surface area (Å²) < 4.78 is 0. The van der Waals surface area contributed by atoms with Crippen LogP contribution in [0.3, 0.4) is 0 Å². The molecule has 3 aliphatic rings. The first-order valence-electron chi connectivity index (χ1n) is 13.8. The summed E-state index contributed by atoms with van der Waals surface area (Å²) >= 11 is 7.72. The fourth-order valence-corrected chi connectivity index (χ4v) is 7.90. The molecular weight excluding hydrogens is 552 g/mol. The molecule has 4 aromatic rings. The molecule has 1 amide bonds. The lowest BCUT2D eigenvalue weighted by atomic mass is 9.64. The van der Waals surface area contributed by atoms with Gasteiger partial charge in [0.15, 0.2) is 11.6 Å². The molecular formula is C34H27ClN2O3S. The average molecular weight is 579 g/mol. The number of hydrogen-bond donors (Lipinski definition) is 1. The number of nitrogens with one attached hydrogen (secondary N) is 1. The van der Waals surface area contributed by atoms with Crippen LogP contribution in [-0.4, -0.2) is 29.6 Å². The molecule has 3 aliphatic heterocycles. The molecule has 5 nitrogen and oxygen atoms in total. The number of carbonyl (C=O) groups excluding carboxylic acids is 3. The fraction of sp³-hybridized carbons (Fsp3) is 0.206. The second kappa shape index (κ2) is 9.82. The zero-order valence-electron chi connectivity index (χ0n) is 22.3. The van der Waals surface area contributed by atoms with Gasteiger partial charge in [0.25, 0.3) is 0 Å². The van der Waals surface area contributed by atoms with Gasteiger partial charge in [-0.15, -0.1) is 11.3 Å². The quantitative estimate of drug-likeness (QED) is 0.246. The highest BCUT2D eigenvalue weighted by atomic mass is 35.5. The van der Waals surface area contributed by atoms with Crippen molar-refractivity contribution in [2.24, 2.45) is 5.92 Å². The standard InChI is InChI=1S/C34H27ClN2O3S/c1-2-6-20-10-12-21(13-11-20)31(38)29-30(32(39)27-9-5-18-41-27)37-26-16-15-23(35)19-22(26)14-17-28(37)34(29)24-7-3-4-8-25(24)36-33(34)40/h3-5,7-19,28-30H,2,6H2,1H3,(H,36,40)/t28-,29-,30+,34+/m1/s1. The number of aryl methyl sites for hydroxylation is 1. The summed E-state index contributed by atoms with van der Waals surface area (Å²) in [6.07, 6.45) is 5.83. The number of nitrogens with zero attached hydrogens (tertiary/aromatic N) is 1. The molecule has 0 saturated carbocycles. The average Bonchev–Trinajstić information content (AvgIpc) is 3.70. The van der Waals surface area contributed by atoms with E-state index >= 15 is 0 Å². The lowest BCUT2D eigenvalue weighted by Gasteiger charge is -2.37. The van der Waals surface area contributed by atoms with E-state index in [1.165, 1.54) is 11.3 Å². The van der Waals surface area contributed by atoms with Crippen molar-refractivity contribution in [2.75, 3.05) is 10.2 Å². The minimum atomic E-state index is -1.32. The van der Waals surface area contributed by atoms with E-state index in [9.17, 15) is 14.4 Å². The van der Waals surface area contributed by atoms with Crippen LogP contribution in [0.5, 0.6) is 0 Å². The summed E-state index contributed by atoms with van der Waals surface area (Å²) in [5.41, 5.74) is 3.36.